The average molecular weight is 271 g/mol. The van der Waals surface area contributed by atoms with Gasteiger partial charge in [0.1, 0.15) is 5.75 Å². The molecule has 20 heavy (non-hydrogen) atoms. The van der Waals surface area contributed by atoms with E-state index < -0.39 is 0 Å². The molecule has 0 saturated carbocycles. The first-order chi connectivity index (χ1) is 9.56. The molecule has 0 aliphatic carbocycles. The molecule has 0 saturated heterocycles. The van der Waals surface area contributed by atoms with E-state index in [0.717, 1.165) is 46.1 Å². The minimum Gasteiger partial charge on any atom is -0.496 e. The summed E-state index contributed by atoms with van der Waals surface area (Å²) in [7, 11) is 1.68. The van der Waals surface area contributed by atoms with Gasteiger partial charge in [0, 0.05) is 17.0 Å². The fraction of sp³-hybridized carbons (Fsp3) is 0.375. The highest BCUT2D eigenvalue weighted by Gasteiger charge is 2.10. The van der Waals surface area contributed by atoms with E-state index in [1.54, 1.807) is 7.11 Å². The van der Waals surface area contributed by atoms with Crippen molar-refractivity contribution in [3.8, 4) is 17.1 Å². The van der Waals surface area contributed by atoms with Crippen molar-refractivity contribution >= 4 is 0 Å². The Balaban J connectivity index is 2.46. The number of nitrogens with zero attached hydrogens (tertiary/aromatic N) is 2. The Kier molecular flexibility index (Phi) is 4.35. The van der Waals surface area contributed by atoms with Gasteiger partial charge in [-0.2, -0.15) is 0 Å². The van der Waals surface area contributed by atoms with Crippen molar-refractivity contribution in [3.05, 3.63) is 40.7 Å². The van der Waals surface area contributed by atoms with Gasteiger partial charge in [0.15, 0.2) is 5.82 Å². The van der Waals surface area contributed by atoms with Crippen molar-refractivity contribution in [1.29, 1.82) is 0 Å². The summed E-state index contributed by atoms with van der Waals surface area (Å²) in [4.78, 5) is 9.22. The minimum atomic E-state index is 0.617. The van der Waals surface area contributed by atoms with Gasteiger partial charge in [-0.25, -0.2) is 9.97 Å². The Morgan fingerprint density at radius 3 is 2.25 bits per heavy atom. The molecule has 1 heterocycles. The minimum absolute atomic E-state index is 0.617. The Labute approximate surface area is 120 Å². The number of rotatable bonds is 4. The van der Waals surface area contributed by atoms with Gasteiger partial charge in [-0.15, -0.1) is 0 Å². The molecule has 4 heteroatoms. The van der Waals surface area contributed by atoms with Gasteiger partial charge < -0.3 is 10.5 Å². The highest BCUT2D eigenvalue weighted by atomic mass is 16.5. The lowest BCUT2D eigenvalue weighted by atomic mass is 10.1. The largest absolute Gasteiger partial charge is 0.496 e. The zero-order valence-corrected chi connectivity index (χ0v) is 12.5. The number of nitrogens with two attached hydrogens (primary N) is 1. The molecule has 2 N–H and O–H groups in total. The Hall–Kier alpha value is -1.94. The number of benzene rings is 1. The molecule has 0 atom stereocenters. The van der Waals surface area contributed by atoms with Crippen LogP contribution in [0.15, 0.2) is 18.2 Å². The molecule has 0 aliphatic heterocycles. The molecular weight excluding hydrogens is 250 g/mol. The molecule has 0 aliphatic rings. The second-order valence-corrected chi connectivity index (χ2v) is 4.92. The van der Waals surface area contributed by atoms with E-state index in [-0.39, 0.29) is 0 Å². The summed E-state index contributed by atoms with van der Waals surface area (Å²) in [5.74, 6) is 1.63. The lowest BCUT2D eigenvalue weighted by molar-refractivity contribution is 0.412. The van der Waals surface area contributed by atoms with Crippen molar-refractivity contribution in [2.75, 3.05) is 13.7 Å². The van der Waals surface area contributed by atoms with E-state index in [0.29, 0.717) is 6.54 Å². The normalized spacial score (nSPS) is 10.7. The molecule has 2 rings (SSSR count). The monoisotopic (exact) mass is 271 g/mol. The molecule has 0 unspecified atom stereocenters. The topological polar surface area (TPSA) is 61.0 Å². The van der Waals surface area contributed by atoms with Crippen molar-refractivity contribution < 1.29 is 4.74 Å². The highest BCUT2D eigenvalue weighted by Crippen LogP contribution is 2.25. The predicted molar refractivity (Wildman–Crippen MR) is 81.0 cm³/mol. The van der Waals surface area contributed by atoms with E-state index in [4.69, 9.17) is 10.5 Å². The standard InChI is InChI=1S/C16H21N3O/c1-10-9-13(5-6-15(10)20-4)16-18-11(2)14(7-8-17)12(3)19-16/h5-6,9H,7-8,17H2,1-4H3. The van der Waals surface area contributed by atoms with Crippen LogP contribution in [0.4, 0.5) is 0 Å². The first-order valence-corrected chi connectivity index (χ1v) is 6.76. The fourth-order valence-electron chi connectivity index (χ4n) is 2.39. The average Bonchev–Trinajstić information content (AvgIpc) is 2.42. The van der Waals surface area contributed by atoms with Crippen molar-refractivity contribution in [2.45, 2.75) is 27.2 Å². The van der Waals surface area contributed by atoms with Gasteiger partial charge in [-0.1, -0.05) is 0 Å². The number of hydrogen-bond acceptors (Lipinski definition) is 4. The van der Waals surface area contributed by atoms with Crippen LogP contribution in [0.5, 0.6) is 5.75 Å². The summed E-state index contributed by atoms with van der Waals surface area (Å²) < 4.78 is 5.28. The lowest BCUT2D eigenvalue weighted by Crippen LogP contribution is -2.09. The van der Waals surface area contributed by atoms with Crippen molar-refractivity contribution in [3.63, 3.8) is 0 Å². The van der Waals surface area contributed by atoms with Gasteiger partial charge >= 0.3 is 0 Å². The first-order valence-electron chi connectivity index (χ1n) is 6.76. The van der Waals surface area contributed by atoms with Crippen LogP contribution in [0.1, 0.15) is 22.5 Å². The maximum absolute atomic E-state index is 5.63. The first kappa shape index (κ1) is 14.5. The van der Waals surface area contributed by atoms with Crippen LogP contribution in [-0.2, 0) is 6.42 Å². The number of methoxy groups -OCH3 is 1. The summed E-state index contributed by atoms with van der Waals surface area (Å²) >= 11 is 0. The van der Waals surface area contributed by atoms with Crippen LogP contribution >= 0.6 is 0 Å². The summed E-state index contributed by atoms with van der Waals surface area (Å²) in [5.41, 5.74) is 10.9. The second kappa shape index (κ2) is 6.01. The van der Waals surface area contributed by atoms with Crippen LogP contribution < -0.4 is 10.5 Å². The Bertz CT molecular complexity index is 600. The molecule has 0 spiro atoms. The van der Waals surface area contributed by atoms with Crippen LogP contribution in [0, 0.1) is 20.8 Å². The van der Waals surface area contributed by atoms with Gasteiger partial charge in [-0.05, 0) is 63.1 Å². The molecule has 106 valence electrons. The number of aryl methyl sites for hydroxylation is 3. The third-order valence-electron chi connectivity index (χ3n) is 3.47. The summed E-state index contributed by atoms with van der Waals surface area (Å²) in [6.45, 7) is 6.66. The van der Waals surface area contributed by atoms with Crippen LogP contribution in [-0.4, -0.2) is 23.6 Å². The predicted octanol–water partition coefficient (Wildman–Crippen LogP) is 2.58. The molecular formula is C16H21N3O. The highest BCUT2D eigenvalue weighted by molar-refractivity contribution is 5.59. The van der Waals surface area contributed by atoms with E-state index in [1.807, 2.05) is 32.9 Å². The fourth-order valence-corrected chi connectivity index (χ4v) is 2.39. The lowest BCUT2D eigenvalue weighted by Gasteiger charge is -2.11. The molecule has 0 fully saturated rings. The SMILES string of the molecule is COc1ccc(-c2nc(C)c(CCN)c(C)n2)cc1C. The maximum Gasteiger partial charge on any atom is 0.159 e. The number of ether oxygens (including phenoxy) is 1. The van der Waals surface area contributed by atoms with E-state index in [2.05, 4.69) is 16.0 Å². The summed E-state index contributed by atoms with van der Waals surface area (Å²) in [5, 5.41) is 0. The number of hydrogen-bond donors (Lipinski definition) is 1. The second-order valence-electron chi connectivity index (χ2n) is 4.92. The van der Waals surface area contributed by atoms with Crippen molar-refractivity contribution in [1.82, 2.24) is 9.97 Å². The molecule has 0 amide bonds. The number of aromatic nitrogens is 2. The van der Waals surface area contributed by atoms with Crippen LogP contribution in [0.3, 0.4) is 0 Å². The Morgan fingerprint density at radius 1 is 1.10 bits per heavy atom. The Morgan fingerprint density at radius 2 is 1.75 bits per heavy atom. The van der Waals surface area contributed by atoms with Crippen LogP contribution in [0.2, 0.25) is 0 Å². The van der Waals surface area contributed by atoms with E-state index in [1.165, 1.54) is 0 Å². The summed E-state index contributed by atoms with van der Waals surface area (Å²) in [6.07, 6.45) is 0.819. The molecule has 1 aromatic heterocycles. The van der Waals surface area contributed by atoms with Gasteiger partial charge in [-0.3, -0.25) is 0 Å². The van der Waals surface area contributed by atoms with E-state index >= 15 is 0 Å². The molecule has 1 aromatic carbocycles. The zero-order chi connectivity index (χ0) is 14.7. The van der Waals surface area contributed by atoms with Gasteiger partial charge in [0.25, 0.3) is 0 Å². The smallest absolute Gasteiger partial charge is 0.159 e. The van der Waals surface area contributed by atoms with Gasteiger partial charge in [0.05, 0.1) is 7.11 Å². The molecule has 4 nitrogen and oxygen atoms in total. The van der Waals surface area contributed by atoms with Crippen molar-refractivity contribution in [2.24, 2.45) is 5.73 Å². The summed E-state index contributed by atoms with van der Waals surface area (Å²) in [6, 6.07) is 5.99. The third kappa shape index (κ3) is 2.80. The maximum atomic E-state index is 5.63. The molecule has 2 aromatic rings. The third-order valence-corrected chi connectivity index (χ3v) is 3.47. The van der Waals surface area contributed by atoms with E-state index in [9.17, 15) is 0 Å². The quantitative estimate of drug-likeness (QED) is 0.928. The molecule has 0 radical (unpaired) electrons. The van der Waals surface area contributed by atoms with Crippen LogP contribution in [0.25, 0.3) is 11.4 Å². The molecule has 0 bridgehead atoms. The zero-order valence-electron chi connectivity index (χ0n) is 12.5. The van der Waals surface area contributed by atoms with Gasteiger partial charge in [0.2, 0.25) is 0 Å².